The van der Waals surface area contributed by atoms with Crippen molar-refractivity contribution >= 4 is 22.0 Å². The van der Waals surface area contributed by atoms with Gasteiger partial charge in [0.1, 0.15) is 10.6 Å². The highest BCUT2D eigenvalue weighted by molar-refractivity contribution is 7.89. The number of fused-ring (bicyclic) bond motifs is 1. The molecule has 0 amide bonds. The van der Waals surface area contributed by atoms with E-state index in [9.17, 15) is 23.1 Å². The van der Waals surface area contributed by atoms with Gasteiger partial charge in [0.05, 0.1) is 12.5 Å². The number of aromatic nitrogens is 1. The van der Waals surface area contributed by atoms with E-state index in [-0.39, 0.29) is 29.6 Å². The summed E-state index contributed by atoms with van der Waals surface area (Å²) >= 11 is 0. The zero-order valence-electron chi connectivity index (χ0n) is 13.1. The number of carbonyl (C=O) groups is 2. The second kappa shape index (κ2) is 5.82. The number of methoxy groups -OCH3 is 1. The van der Waals surface area contributed by atoms with Gasteiger partial charge in [-0.1, -0.05) is 6.42 Å². The third-order valence-corrected chi connectivity index (χ3v) is 6.83. The Labute approximate surface area is 139 Å². The first-order chi connectivity index (χ1) is 11.3. The number of aliphatic carboxylic acids is 1. The van der Waals surface area contributed by atoms with E-state index in [1.54, 1.807) is 0 Å². The number of carboxylic acids is 1. The summed E-state index contributed by atoms with van der Waals surface area (Å²) in [6, 6.07) is 2.57. The molecule has 1 aromatic rings. The van der Waals surface area contributed by atoms with Crippen molar-refractivity contribution in [1.29, 1.82) is 0 Å². The number of sulfonamides is 1. The van der Waals surface area contributed by atoms with E-state index in [0.29, 0.717) is 6.42 Å². The lowest BCUT2D eigenvalue weighted by molar-refractivity contribution is -0.149. The third-order valence-electron chi connectivity index (χ3n) is 5.03. The van der Waals surface area contributed by atoms with E-state index in [4.69, 9.17) is 0 Å². The molecule has 0 radical (unpaired) electrons. The van der Waals surface area contributed by atoms with Gasteiger partial charge in [-0.3, -0.25) is 4.79 Å². The molecular weight excluding hydrogens is 336 g/mol. The molecule has 0 unspecified atom stereocenters. The van der Waals surface area contributed by atoms with Gasteiger partial charge >= 0.3 is 11.9 Å². The molecule has 130 valence electrons. The number of rotatable bonds is 4. The lowest BCUT2D eigenvalue weighted by Crippen LogP contribution is -2.37. The first-order valence-electron chi connectivity index (χ1n) is 7.59. The van der Waals surface area contributed by atoms with Crippen molar-refractivity contribution in [1.82, 2.24) is 9.29 Å². The quantitative estimate of drug-likeness (QED) is 0.793. The molecule has 0 bridgehead atoms. The lowest BCUT2D eigenvalue weighted by Gasteiger charge is -2.23. The first-order valence-corrected chi connectivity index (χ1v) is 9.03. The SMILES string of the molecule is COC(=O)c1ccc(S(=O)(=O)N2C[C@@H]3CCC[C@@]3(C(=O)O)C2)cn1. The Morgan fingerprint density at radius 2 is 2.17 bits per heavy atom. The van der Waals surface area contributed by atoms with Crippen molar-refractivity contribution in [2.75, 3.05) is 20.2 Å². The predicted molar refractivity (Wildman–Crippen MR) is 81.7 cm³/mol. The average Bonchev–Trinajstić information content (AvgIpc) is 3.13. The molecule has 24 heavy (non-hydrogen) atoms. The van der Waals surface area contributed by atoms with Crippen LogP contribution in [0.3, 0.4) is 0 Å². The van der Waals surface area contributed by atoms with E-state index in [1.165, 1.54) is 23.5 Å². The minimum Gasteiger partial charge on any atom is -0.481 e. The van der Waals surface area contributed by atoms with Crippen LogP contribution in [-0.2, 0) is 19.6 Å². The summed E-state index contributed by atoms with van der Waals surface area (Å²) in [5.41, 5.74) is -0.969. The third kappa shape index (κ3) is 2.48. The van der Waals surface area contributed by atoms with E-state index in [2.05, 4.69) is 9.72 Å². The average molecular weight is 354 g/mol. The zero-order valence-corrected chi connectivity index (χ0v) is 14.0. The fourth-order valence-electron chi connectivity index (χ4n) is 3.68. The number of nitrogens with zero attached hydrogens (tertiary/aromatic N) is 2. The Kier molecular flexibility index (Phi) is 4.08. The van der Waals surface area contributed by atoms with Gasteiger partial charge in [-0.2, -0.15) is 4.31 Å². The second-order valence-corrected chi connectivity index (χ2v) is 8.16. The van der Waals surface area contributed by atoms with Gasteiger partial charge in [0.2, 0.25) is 10.0 Å². The Morgan fingerprint density at radius 3 is 2.71 bits per heavy atom. The molecule has 1 saturated heterocycles. The molecule has 1 aliphatic carbocycles. The van der Waals surface area contributed by atoms with E-state index in [0.717, 1.165) is 19.0 Å². The predicted octanol–water partition coefficient (Wildman–Crippen LogP) is 0.744. The monoisotopic (exact) mass is 354 g/mol. The maximum absolute atomic E-state index is 12.8. The lowest BCUT2D eigenvalue weighted by atomic mass is 9.81. The van der Waals surface area contributed by atoms with Crippen LogP contribution in [-0.4, -0.2) is 55.0 Å². The highest BCUT2D eigenvalue weighted by Crippen LogP contribution is 2.50. The summed E-state index contributed by atoms with van der Waals surface area (Å²) in [7, 11) is -2.63. The van der Waals surface area contributed by atoms with E-state index in [1.807, 2.05) is 0 Å². The van der Waals surface area contributed by atoms with Gasteiger partial charge in [0.15, 0.2) is 0 Å². The smallest absolute Gasteiger partial charge is 0.356 e. The highest BCUT2D eigenvalue weighted by atomic mass is 32.2. The molecule has 1 aliphatic heterocycles. The zero-order chi connectivity index (χ0) is 17.5. The van der Waals surface area contributed by atoms with E-state index >= 15 is 0 Å². The van der Waals surface area contributed by atoms with Gasteiger partial charge in [-0.15, -0.1) is 0 Å². The number of carbonyl (C=O) groups excluding carboxylic acids is 1. The van der Waals surface area contributed by atoms with Crippen molar-refractivity contribution in [2.45, 2.75) is 24.2 Å². The van der Waals surface area contributed by atoms with Crippen molar-refractivity contribution < 1.29 is 27.9 Å². The summed E-state index contributed by atoms with van der Waals surface area (Å²) < 4.78 is 31.3. The van der Waals surface area contributed by atoms with Crippen LogP contribution in [0.5, 0.6) is 0 Å². The molecule has 8 nitrogen and oxygen atoms in total. The van der Waals surface area contributed by atoms with Crippen LogP contribution in [0.2, 0.25) is 0 Å². The molecule has 3 rings (SSSR count). The van der Waals surface area contributed by atoms with Crippen LogP contribution >= 0.6 is 0 Å². The Balaban J connectivity index is 1.87. The van der Waals surface area contributed by atoms with Crippen LogP contribution in [0.4, 0.5) is 0 Å². The van der Waals surface area contributed by atoms with Crippen molar-refractivity contribution in [3.63, 3.8) is 0 Å². The minimum absolute atomic E-state index is 0.0109. The number of pyridine rings is 1. The second-order valence-electron chi connectivity index (χ2n) is 6.22. The van der Waals surface area contributed by atoms with Gasteiger partial charge < -0.3 is 9.84 Å². The van der Waals surface area contributed by atoms with Crippen LogP contribution in [0.15, 0.2) is 23.2 Å². The molecular formula is C15H18N2O6S. The number of ether oxygens (including phenoxy) is 1. The maximum Gasteiger partial charge on any atom is 0.356 e. The van der Waals surface area contributed by atoms with Crippen LogP contribution in [0, 0.1) is 11.3 Å². The van der Waals surface area contributed by atoms with Crippen LogP contribution in [0.1, 0.15) is 29.8 Å². The molecule has 2 heterocycles. The number of hydrogen-bond acceptors (Lipinski definition) is 6. The van der Waals surface area contributed by atoms with Gasteiger partial charge in [-0.05, 0) is 30.9 Å². The van der Waals surface area contributed by atoms with Crippen LogP contribution < -0.4 is 0 Å². The van der Waals surface area contributed by atoms with Crippen LogP contribution in [0.25, 0.3) is 0 Å². The number of esters is 1. The highest BCUT2D eigenvalue weighted by Gasteiger charge is 2.57. The fraction of sp³-hybridized carbons (Fsp3) is 0.533. The minimum atomic E-state index is -3.85. The molecule has 0 spiro atoms. The molecule has 9 heteroatoms. The first kappa shape index (κ1) is 16.8. The molecule has 2 fully saturated rings. The van der Waals surface area contributed by atoms with Gasteiger partial charge in [-0.25, -0.2) is 18.2 Å². The Hall–Kier alpha value is -2.00. The Morgan fingerprint density at radius 1 is 1.42 bits per heavy atom. The molecule has 1 saturated carbocycles. The number of hydrogen-bond donors (Lipinski definition) is 1. The summed E-state index contributed by atoms with van der Waals surface area (Å²) in [5.74, 6) is -1.74. The maximum atomic E-state index is 12.8. The summed E-state index contributed by atoms with van der Waals surface area (Å²) in [6.07, 6.45) is 3.12. The largest absolute Gasteiger partial charge is 0.481 e. The summed E-state index contributed by atoms with van der Waals surface area (Å²) in [5, 5.41) is 9.57. The molecule has 1 N–H and O–H groups in total. The van der Waals surface area contributed by atoms with Crippen molar-refractivity contribution in [2.24, 2.45) is 11.3 Å². The molecule has 2 aliphatic rings. The van der Waals surface area contributed by atoms with Gasteiger partial charge in [0.25, 0.3) is 0 Å². The fourth-order valence-corrected chi connectivity index (χ4v) is 5.18. The standard InChI is InChI=1S/C15H18N2O6S/c1-23-13(18)12-5-4-11(7-16-12)24(21,22)17-8-10-3-2-6-15(10,9-17)14(19)20/h4-5,7,10H,2-3,6,8-9H2,1H3,(H,19,20)/t10-,15+/m0/s1. The molecule has 0 aromatic carbocycles. The Bertz CT molecular complexity index is 776. The van der Waals surface area contributed by atoms with Gasteiger partial charge in [0, 0.05) is 19.3 Å². The molecule has 2 atom stereocenters. The summed E-state index contributed by atoms with van der Waals surface area (Å²) in [4.78, 5) is 26.8. The topological polar surface area (TPSA) is 114 Å². The number of carboxylic acid groups (broad SMARTS) is 1. The van der Waals surface area contributed by atoms with Crippen molar-refractivity contribution in [3.8, 4) is 0 Å². The van der Waals surface area contributed by atoms with E-state index < -0.39 is 27.4 Å². The van der Waals surface area contributed by atoms with Crippen molar-refractivity contribution in [3.05, 3.63) is 24.0 Å². The molecule has 1 aromatic heterocycles. The normalized spacial score (nSPS) is 27.0. The summed E-state index contributed by atoms with van der Waals surface area (Å²) in [6.45, 7) is 0.182.